The van der Waals surface area contributed by atoms with E-state index in [2.05, 4.69) is 15.6 Å². The largest absolute Gasteiger partial charge is 0.352 e. The Morgan fingerprint density at radius 3 is 2.31 bits per heavy atom. The third-order valence-corrected chi connectivity index (χ3v) is 3.53. The molecule has 8 heteroatoms. The number of carbonyl (C=O) groups is 2. The minimum atomic E-state index is -0.888. The molecule has 0 atom stereocenters. The van der Waals surface area contributed by atoms with E-state index in [9.17, 15) is 18.4 Å². The Kier molecular flexibility index (Phi) is 6.74. The van der Waals surface area contributed by atoms with Crippen LogP contribution in [0, 0.1) is 11.6 Å². The summed E-state index contributed by atoms with van der Waals surface area (Å²) in [5.74, 6) is -2.91. The first kappa shape index (κ1) is 19.5. The van der Waals surface area contributed by atoms with Gasteiger partial charge >= 0.3 is 0 Å². The maximum absolute atomic E-state index is 13.6. The molecule has 0 spiro atoms. The summed E-state index contributed by atoms with van der Waals surface area (Å²) in [6.45, 7) is 1.31. The molecule has 2 rings (SSSR count). The zero-order valence-electron chi connectivity index (χ0n) is 14.6. The summed E-state index contributed by atoms with van der Waals surface area (Å²) in [6.07, 6.45) is 3.32. The highest BCUT2D eigenvalue weighted by Gasteiger charge is 2.15. The van der Waals surface area contributed by atoms with Crippen molar-refractivity contribution < 1.29 is 18.4 Å². The van der Waals surface area contributed by atoms with Gasteiger partial charge in [-0.3, -0.25) is 14.6 Å². The first-order chi connectivity index (χ1) is 12.4. The molecule has 6 nitrogen and oxygen atoms in total. The fraction of sp³-hybridized carbons (Fsp3) is 0.278. The lowest BCUT2D eigenvalue weighted by molar-refractivity contribution is 0.0952. The van der Waals surface area contributed by atoms with E-state index in [1.807, 2.05) is 19.0 Å². The van der Waals surface area contributed by atoms with E-state index in [1.165, 1.54) is 24.5 Å². The molecule has 0 bridgehead atoms. The molecule has 0 fully saturated rings. The van der Waals surface area contributed by atoms with Crippen molar-refractivity contribution in [1.29, 1.82) is 0 Å². The lowest BCUT2D eigenvalue weighted by atomic mass is 10.1. The zero-order valence-corrected chi connectivity index (χ0v) is 14.6. The molecule has 1 aromatic heterocycles. The number of rotatable bonds is 7. The summed E-state index contributed by atoms with van der Waals surface area (Å²) in [6, 6.07) is 4.59. The van der Waals surface area contributed by atoms with Gasteiger partial charge in [-0.2, -0.15) is 0 Å². The van der Waals surface area contributed by atoms with Gasteiger partial charge in [0.1, 0.15) is 17.3 Å². The Hall–Kier alpha value is -2.87. The van der Waals surface area contributed by atoms with Crippen LogP contribution < -0.4 is 10.6 Å². The molecule has 0 aliphatic rings. The van der Waals surface area contributed by atoms with Crippen molar-refractivity contribution in [2.45, 2.75) is 6.42 Å². The number of halogens is 2. The van der Waals surface area contributed by atoms with Gasteiger partial charge in [0.25, 0.3) is 11.8 Å². The van der Waals surface area contributed by atoms with E-state index in [0.717, 1.165) is 25.1 Å². The highest BCUT2D eigenvalue weighted by Crippen LogP contribution is 2.19. The summed E-state index contributed by atoms with van der Waals surface area (Å²) < 4.78 is 27.3. The van der Waals surface area contributed by atoms with Crippen molar-refractivity contribution in [2.75, 3.05) is 32.5 Å². The number of amides is 2. The Morgan fingerprint density at radius 1 is 1.08 bits per heavy atom. The van der Waals surface area contributed by atoms with E-state index in [4.69, 9.17) is 0 Å². The highest BCUT2D eigenvalue weighted by atomic mass is 19.1. The van der Waals surface area contributed by atoms with Crippen molar-refractivity contribution >= 4 is 17.5 Å². The van der Waals surface area contributed by atoms with Crippen molar-refractivity contribution in [3.05, 3.63) is 59.4 Å². The van der Waals surface area contributed by atoms with Crippen LogP contribution in [0.1, 0.15) is 27.1 Å². The molecular formula is C18H20F2N4O2. The van der Waals surface area contributed by atoms with Crippen LogP contribution in [-0.2, 0) is 0 Å². The molecule has 1 heterocycles. The van der Waals surface area contributed by atoms with Crippen molar-refractivity contribution in [3.8, 4) is 0 Å². The number of pyridine rings is 1. The molecule has 2 N–H and O–H groups in total. The molecule has 0 radical (unpaired) electrons. The minimum Gasteiger partial charge on any atom is -0.352 e. The SMILES string of the molecule is CN(C)CCCNC(=O)c1cncc(C(=O)Nc2c(F)cccc2F)c1. The molecule has 0 unspecified atom stereocenters. The molecule has 0 aliphatic carbocycles. The number of hydrogen-bond donors (Lipinski definition) is 2. The van der Waals surface area contributed by atoms with E-state index >= 15 is 0 Å². The number of nitrogens with zero attached hydrogens (tertiary/aromatic N) is 2. The Bertz CT molecular complexity index is 776. The zero-order chi connectivity index (χ0) is 19.1. The molecule has 2 aromatic rings. The van der Waals surface area contributed by atoms with E-state index < -0.39 is 23.2 Å². The topological polar surface area (TPSA) is 74.3 Å². The van der Waals surface area contributed by atoms with Crippen LogP contribution in [0.3, 0.4) is 0 Å². The highest BCUT2D eigenvalue weighted by molar-refractivity contribution is 6.05. The van der Waals surface area contributed by atoms with Crippen LogP contribution in [0.4, 0.5) is 14.5 Å². The molecule has 138 valence electrons. The molecule has 0 aliphatic heterocycles. The van der Waals surface area contributed by atoms with Gasteiger partial charge in [-0.05, 0) is 45.3 Å². The van der Waals surface area contributed by atoms with Crippen molar-refractivity contribution in [3.63, 3.8) is 0 Å². The number of benzene rings is 1. The van der Waals surface area contributed by atoms with Crippen molar-refractivity contribution in [1.82, 2.24) is 15.2 Å². The monoisotopic (exact) mass is 362 g/mol. The second-order valence-corrected chi connectivity index (χ2v) is 5.93. The van der Waals surface area contributed by atoms with Crippen LogP contribution in [-0.4, -0.2) is 48.9 Å². The van der Waals surface area contributed by atoms with Gasteiger partial charge in [-0.25, -0.2) is 8.78 Å². The van der Waals surface area contributed by atoms with Gasteiger partial charge in [0.05, 0.1) is 11.1 Å². The van der Waals surface area contributed by atoms with Gasteiger partial charge in [0.15, 0.2) is 0 Å². The Labute approximate surface area is 150 Å². The number of nitrogens with one attached hydrogen (secondary N) is 2. The van der Waals surface area contributed by atoms with E-state index in [-0.39, 0.29) is 17.0 Å². The van der Waals surface area contributed by atoms with Crippen LogP contribution in [0.15, 0.2) is 36.7 Å². The third-order valence-electron chi connectivity index (χ3n) is 3.53. The molecule has 0 saturated carbocycles. The Balaban J connectivity index is 2.03. The van der Waals surface area contributed by atoms with Crippen LogP contribution in [0.5, 0.6) is 0 Å². The second kappa shape index (κ2) is 9.00. The lowest BCUT2D eigenvalue weighted by Crippen LogP contribution is -2.27. The summed E-state index contributed by atoms with van der Waals surface area (Å²) in [7, 11) is 3.87. The number of aromatic nitrogens is 1. The van der Waals surface area contributed by atoms with Gasteiger partial charge in [0.2, 0.25) is 0 Å². The van der Waals surface area contributed by atoms with Crippen molar-refractivity contribution in [2.24, 2.45) is 0 Å². The fourth-order valence-electron chi connectivity index (χ4n) is 2.19. The molecule has 0 saturated heterocycles. The van der Waals surface area contributed by atoms with E-state index in [1.54, 1.807) is 0 Å². The number of anilines is 1. The average molecular weight is 362 g/mol. The summed E-state index contributed by atoms with van der Waals surface area (Å²) in [4.78, 5) is 30.2. The predicted octanol–water partition coefficient (Wildman–Crippen LogP) is 2.29. The maximum atomic E-state index is 13.6. The third kappa shape index (κ3) is 5.32. The molecule has 26 heavy (non-hydrogen) atoms. The van der Waals surface area contributed by atoms with Gasteiger partial charge < -0.3 is 15.5 Å². The van der Waals surface area contributed by atoms with Crippen LogP contribution in [0.2, 0.25) is 0 Å². The first-order valence-corrected chi connectivity index (χ1v) is 8.02. The predicted molar refractivity (Wildman–Crippen MR) is 94.1 cm³/mol. The second-order valence-electron chi connectivity index (χ2n) is 5.93. The van der Waals surface area contributed by atoms with Gasteiger partial charge in [-0.15, -0.1) is 0 Å². The van der Waals surface area contributed by atoms with Crippen LogP contribution >= 0.6 is 0 Å². The summed E-state index contributed by atoms with van der Waals surface area (Å²) >= 11 is 0. The number of carbonyl (C=O) groups excluding carboxylic acids is 2. The normalized spacial score (nSPS) is 10.7. The molecular weight excluding hydrogens is 342 g/mol. The quantitative estimate of drug-likeness (QED) is 0.741. The maximum Gasteiger partial charge on any atom is 0.257 e. The minimum absolute atomic E-state index is 0.0218. The molecule has 1 aromatic carbocycles. The van der Waals surface area contributed by atoms with E-state index in [0.29, 0.717) is 6.54 Å². The average Bonchev–Trinajstić information content (AvgIpc) is 2.61. The number of para-hydroxylation sites is 1. The van der Waals surface area contributed by atoms with Gasteiger partial charge in [0, 0.05) is 18.9 Å². The van der Waals surface area contributed by atoms with Crippen LogP contribution in [0.25, 0.3) is 0 Å². The first-order valence-electron chi connectivity index (χ1n) is 8.02. The number of hydrogen-bond acceptors (Lipinski definition) is 4. The lowest BCUT2D eigenvalue weighted by Gasteiger charge is -2.10. The van der Waals surface area contributed by atoms with Gasteiger partial charge in [-0.1, -0.05) is 6.07 Å². The Morgan fingerprint density at radius 2 is 1.69 bits per heavy atom. The summed E-state index contributed by atoms with van der Waals surface area (Å²) in [5, 5.41) is 4.89. The standard InChI is InChI=1S/C18H20F2N4O2/c1-24(2)8-4-7-22-17(25)12-9-13(11-21-10-12)18(26)23-16-14(19)5-3-6-15(16)20/h3,5-6,9-11H,4,7-8H2,1-2H3,(H,22,25)(H,23,26). The smallest absolute Gasteiger partial charge is 0.257 e. The molecule has 2 amide bonds. The summed E-state index contributed by atoms with van der Waals surface area (Å²) in [5.41, 5.74) is -0.332. The fourth-order valence-corrected chi connectivity index (χ4v) is 2.19.